The maximum absolute atomic E-state index is 12.2. The van der Waals surface area contributed by atoms with E-state index in [-0.39, 0.29) is 29.7 Å². The summed E-state index contributed by atoms with van der Waals surface area (Å²) in [5.74, 6) is -0.293. The van der Waals surface area contributed by atoms with Gasteiger partial charge in [-0.15, -0.1) is 0 Å². The fourth-order valence-electron chi connectivity index (χ4n) is 2.00. The molecule has 118 valence electrons. The first-order valence-corrected chi connectivity index (χ1v) is 7.03. The van der Waals surface area contributed by atoms with E-state index in [0.29, 0.717) is 12.3 Å². The lowest BCUT2D eigenvalue weighted by Crippen LogP contribution is -2.12. The van der Waals surface area contributed by atoms with Gasteiger partial charge in [-0.1, -0.05) is 18.2 Å². The summed E-state index contributed by atoms with van der Waals surface area (Å²) in [6.45, 7) is 0.863. The lowest BCUT2D eigenvalue weighted by molar-refractivity contribution is -0.385. The maximum atomic E-state index is 12.2. The fraction of sp³-hybridized carbons (Fsp3) is 0.188. The first-order valence-electron chi connectivity index (χ1n) is 7.03. The standard InChI is InChI=1S/C16H14N2O5/c19-16(17-12-4-2-1-3-5-12)11-6-7-15(14(8-11)18(20)21)23-10-13-9-22-13/h1-8,13H,9-10H2,(H,17,19). The van der Waals surface area contributed by atoms with Crippen molar-refractivity contribution < 1.29 is 19.2 Å². The van der Waals surface area contributed by atoms with Crippen LogP contribution in [-0.2, 0) is 4.74 Å². The molecule has 7 heteroatoms. The molecule has 0 spiro atoms. The Balaban J connectivity index is 1.77. The molecule has 1 unspecified atom stereocenters. The number of rotatable bonds is 6. The molecule has 2 aromatic carbocycles. The van der Waals surface area contributed by atoms with E-state index in [1.54, 1.807) is 24.3 Å². The van der Waals surface area contributed by atoms with Crippen molar-refractivity contribution in [2.45, 2.75) is 6.10 Å². The average molecular weight is 314 g/mol. The molecule has 2 aromatic rings. The van der Waals surface area contributed by atoms with Gasteiger partial charge in [0.25, 0.3) is 5.91 Å². The number of benzene rings is 2. The van der Waals surface area contributed by atoms with E-state index in [2.05, 4.69) is 5.32 Å². The van der Waals surface area contributed by atoms with Crippen LogP contribution in [0.5, 0.6) is 5.75 Å². The Hall–Kier alpha value is -2.93. The second kappa shape index (κ2) is 6.45. The van der Waals surface area contributed by atoms with Crippen LogP contribution in [-0.4, -0.2) is 30.1 Å². The van der Waals surface area contributed by atoms with Gasteiger partial charge in [-0.2, -0.15) is 0 Å². The van der Waals surface area contributed by atoms with Gasteiger partial charge in [0.2, 0.25) is 0 Å². The molecule has 7 nitrogen and oxygen atoms in total. The Kier molecular flexibility index (Phi) is 4.20. The molecule has 23 heavy (non-hydrogen) atoms. The van der Waals surface area contributed by atoms with E-state index in [1.807, 2.05) is 6.07 Å². The third-order valence-electron chi connectivity index (χ3n) is 3.28. The number of epoxide rings is 1. The second-order valence-electron chi connectivity index (χ2n) is 5.03. The molecule has 1 aliphatic rings. The highest BCUT2D eigenvalue weighted by atomic mass is 16.6. The number of hydrogen-bond donors (Lipinski definition) is 1. The average Bonchev–Trinajstić information content (AvgIpc) is 3.38. The summed E-state index contributed by atoms with van der Waals surface area (Å²) >= 11 is 0. The van der Waals surface area contributed by atoms with Crippen molar-refractivity contribution in [3.63, 3.8) is 0 Å². The minimum absolute atomic E-state index is 0.00402. The highest BCUT2D eigenvalue weighted by Crippen LogP contribution is 2.29. The quantitative estimate of drug-likeness (QED) is 0.502. The van der Waals surface area contributed by atoms with Gasteiger partial charge < -0.3 is 14.8 Å². The molecule has 0 radical (unpaired) electrons. The van der Waals surface area contributed by atoms with Gasteiger partial charge in [-0.05, 0) is 24.3 Å². The molecule has 0 aliphatic carbocycles. The lowest BCUT2D eigenvalue weighted by Gasteiger charge is -2.08. The van der Waals surface area contributed by atoms with E-state index in [0.717, 1.165) is 0 Å². The summed E-state index contributed by atoms with van der Waals surface area (Å²) in [5.41, 5.74) is 0.563. The van der Waals surface area contributed by atoms with Gasteiger partial charge >= 0.3 is 5.69 Å². The van der Waals surface area contributed by atoms with Crippen LogP contribution in [0.25, 0.3) is 0 Å². The molecule has 3 rings (SSSR count). The summed E-state index contributed by atoms with van der Waals surface area (Å²) < 4.78 is 10.4. The highest BCUT2D eigenvalue weighted by Gasteiger charge is 2.25. The van der Waals surface area contributed by atoms with Crippen molar-refractivity contribution in [2.24, 2.45) is 0 Å². The van der Waals surface area contributed by atoms with E-state index < -0.39 is 10.8 Å². The largest absolute Gasteiger partial charge is 0.484 e. The van der Waals surface area contributed by atoms with E-state index in [9.17, 15) is 14.9 Å². The SMILES string of the molecule is O=C(Nc1ccccc1)c1ccc(OCC2CO2)c([N+](=O)[O-])c1. The Morgan fingerprint density at radius 2 is 2.04 bits per heavy atom. The molecule has 1 heterocycles. The molecular weight excluding hydrogens is 300 g/mol. The molecule has 1 N–H and O–H groups in total. The predicted molar refractivity (Wildman–Crippen MR) is 82.7 cm³/mol. The summed E-state index contributed by atoms with van der Waals surface area (Å²) in [6, 6.07) is 13.0. The number of nitro benzene ring substituents is 1. The third kappa shape index (κ3) is 3.83. The van der Waals surface area contributed by atoms with Gasteiger partial charge in [0, 0.05) is 17.3 Å². The minimum Gasteiger partial charge on any atom is -0.484 e. The van der Waals surface area contributed by atoms with E-state index in [4.69, 9.17) is 9.47 Å². The van der Waals surface area contributed by atoms with Crippen LogP contribution in [0.2, 0.25) is 0 Å². The van der Waals surface area contributed by atoms with Crippen molar-refractivity contribution in [3.8, 4) is 5.75 Å². The van der Waals surface area contributed by atoms with Crippen LogP contribution >= 0.6 is 0 Å². The molecule has 1 saturated heterocycles. The summed E-state index contributed by atoms with van der Waals surface area (Å²) in [4.78, 5) is 22.8. The highest BCUT2D eigenvalue weighted by molar-refractivity contribution is 6.04. The van der Waals surface area contributed by atoms with Crippen LogP contribution in [0, 0.1) is 10.1 Å². The molecule has 0 bridgehead atoms. The number of nitrogens with zero attached hydrogens (tertiary/aromatic N) is 1. The second-order valence-corrected chi connectivity index (χ2v) is 5.03. The zero-order valence-electron chi connectivity index (χ0n) is 12.1. The van der Waals surface area contributed by atoms with Crippen LogP contribution in [0.4, 0.5) is 11.4 Å². The first-order chi connectivity index (χ1) is 11.1. The molecule has 1 fully saturated rings. The number of ether oxygens (including phenoxy) is 2. The van der Waals surface area contributed by atoms with Gasteiger partial charge in [-0.3, -0.25) is 14.9 Å². The number of carbonyl (C=O) groups excluding carboxylic acids is 1. The molecule has 1 amide bonds. The van der Waals surface area contributed by atoms with Crippen molar-refractivity contribution >= 4 is 17.3 Å². The van der Waals surface area contributed by atoms with Crippen molar-refractivity contribution in [2.75, 3.05) is 18.5 Å². The Bertz CT molecular complexity index is 729. The van der Waals surface area contributed by atoms with Gasteiger partial charge in [0.1, 0.15) is 12.7 Å². The fourth-order valence-corrected chi connectivity index (χ4v) is 2.00. The van der Waals surface area contributed by atoms with E-state index >= 15 is 0 Å². The Morgan fingerprint density at radius 3 is 2.70 bits per heavy atom. The maximum Gasteiger partial charge on any atom is 0.311 e. The number of hydrogen-bond acceptors (Lipinski definition) is 5. The van der Waals surface area contributed by atoms with Crippen LogP contribution < -0.4 is 10.1 Å². The number of para-hydroxylation sites is 1. The predicted octanol–water partition coefficient (Wildman–Crippen LogP) is 2.62. The number of nitrogens with one attached hydrogen (secondary N) is 1. The van der Waals surface area contributed by atoms with Crippen LogP contribution in [0.3, 0.4) is 0 Å². The molecule has 0 aromatic heterocycles. The van der Waals surface area contributed by atoms with E-state index in [1.165, 1.54) is 18.2 Å². The van der Waals surface area contributed by atoms with Crippen molar-refractivity contribution in [3.05, 3.63) is 64.2 Å². The normalized spacial score (nSPS) is 15.7. The van der Waals surface area contributed by atoms with Crippen molar-refractivity contribution in [1.82, 2.24) is 0 Å². The topological polar surface area (TPSA) is 94.0 Å². The summed E-state index contributed by atoms with van der Waals surface area (Å²) in [7, 11) is 0. The number of nitro groups is 1. The van der Waals surface area contributed by atoms with Gasteiger partial charge in [0.05, 0.1) is 11.5 Å². The number of anilines is 1. The zero-order chi connectivity index (χ0) is 16.2. The monoisotopic (exact) mass is 314 g/mol. The Morgan fingerprint density at radius 1 is 1.30 bits per heavy atom. The molecule has 0 saturated carbocycles. The van der Waals surface area contributed by atoms with Crippen LogP contribution in [0.15, 0.2) is 48.5 Å². The lowest BCUT2D eigenvalue weighted by atomic mass is 10.1. The number of amides is 1. The summed E-state index contributed by atoms with van der Waals surface area (Å²) in [6.07, 6.45) is -0.00402. The van der Waals surface area contributed by atoms with Gasteiger partial charge in [-0.25, -0.2) is 0 Å². The molecular formula is C16H14N2O5. The van der Waals surface area contributed by atoms with Crippen LogP contribution in [0.1, 0.15) is 10.4 Å². The smallest absolute Gasteiger partial charge is 0.311 e. The van der Waals surface area contributed by atoms with Gasteiger partial charge in [0.15, 0.2) is 5.75 Å². The number of carbonyl (C=O) groups is 1. The minimum atomic E-state index is -0.567. The van der Waals surface area contributed by atoms with Crippen molar-refractivity contribution in [1.29, 1.82) is 0 Å². The zero-order valence-corrected chi connectivity index (χ0v) is 12.1. The third-order valence-corrected chi connectivity index (χ3v) is 3.28. The first kappa shape index (κ1) is 15.0. The molecule has 1 aliphatic heterocycles. The summed E-state index contributed by atoms with van der Waals surface area (Å²) in [5, 5.41) is 13.9. The Labute approximate surface area is 132 Å². The molecule has 1 atom stereocenters.